The molecule has 1 aromatic carbocycles. The van der Waals surface area contributed by atoms with Crippen LogP contribution in [-0.2, 0) is 5.33 Å². The minimum absolute atomic E-state index is 0.303. The molecule has 0 saturated carbocycles. The Morgan fingerprint density at radius 1 is 1.54 bits per heavy atom. The SMILES string of the molecule is [B]c1cc(F)c(CBr)c2ccoc12. The molecular formula is C9H5BBrFO. The zero-order chi connectivity index (χ0) is 9.42. The average Bonchev–Trinajstić information content (AvgIpc) is 2.53. The summed E-state index contributed by atoms with van der Waals surface area (Å²) in [5.74, 6) is -0.303. The molecule has 0 fully saturated rings. The lowest BCUT2D eigenvalue weighted by atomic mass is 9.92. The van der Waals surface area contributed by atoms with Crippen LogP contribution in [0.3, 0.4) is 0 Å². The maximum atomic E-state index is 13.3. The van der Waals surface area contributed by atoms with E-state index in [0.29, 0.717) is 21.9 Å². The van der Waals surface area contributed by atoms with Crippen molar-refractivity contribution in [2.75, 3.05) is 0 Å². The molecule has 2 rings (SSSR count). The third-order valence-corrected chi connectivity index (χ3v) is 2.52. The van der Waals surface area contributed by atoms with Gasteiger partial charge in [0.1, 0.15) is 19.2 Å². The fraction of sp³-hybridized carbons (Fsp3) is 0.111. The molecule has 1 aromatic heterocycles. The number of halogens is 2. The van der Waals surface area contributed by atoms with Gasteiger partial charge in [0.25, 0.3) is 0 Å². The largest absolute Gasteiger partial charge is 0.465 e. The van der Waals surface area contributed by atoms with Crippen LogP contribution in [0.4, 0.5) is 4.39 Å². The number of rotatable bonds is 1. The summed E-state index contributed by atoms with van der Waals surface area (Å²) < 4.78 is 18.4. The summed E-state index contributed by atoms with van der Waals surface area (Å²) in [4.78, 5) is 0. The molecular weight excluding hydrogens is 234 g/mol. The molecule has 0 unspecified atom stereocenters. The monoisotopic (exact) mass is 238 g/mol. The van der Waals surface area contributed by atoms with Crippen molar-refractivity contribution in [1.82, 2.24) is 0 Å². The molecule has 64 valence electrons. The Balaban J connectivity index is 2.88. The second-order valence-electron chi connectivity index (χ2n) is 2.72. The molecule has 0 atom stereocenters. The second kappa shape index (κ2) is 3.18. The van der Waals surface area contributed by atoms with Gasteiger partial charge in [-0.3, -0.25) is 0 Å². The molecule has 4 heteroatoms. The van der Waals surface area contributed by atoms with E-state index in [4.69, 9.17) is 12.3 Å². The summed E-state index contributed by atoms with van der Waals surface area (Å²) in [6, 6.07) is 2.99. The van der Waals surface area contributed by atoms with Crippen LogP contribution in [0.25, 0.3) is 11.0 Å². The molecule has 0 aliphatic rings. The Hall–Kier alpha value is -0.765. The number of hydrogen-bond acceptors (Lipinski definition) is 1. The predicted octanol–water partition coefficient (Wildman–Crippen LogP) is 2.26. The quantitative estimate of drug-likeness (QED) is 0.549. The van der Waals surface area contributed by atoms with E-state index >= 15 is 0 Å². The van der Waals surface area contributed by atoms with Crippen LogP contribution in [0.1, 0.15) is 5.56 Å². The number of fused-ring (bicyclic) bond motifs is 1. The number of hydrogen-bond donors (Lipinski definition) is 0. The number of alkyl halides is 1. The van der Waals surface area contributed by atoms with Gasteiger partial charge in [0.05, 0.1) is 6.26 Å². The molecule has 0 aliphatic carbocycles. The van der Waals surface area contributed by atoms with Crippen LogP contribution in [-0.4, -0.2) is 7.85 Å². The van der Waals surface area contributed by atoms with Crippen LogP contribution in [0.2, 0.25) is 0 Å². The molecule has 0 aliphatic heterocycles. The molecule has 2 radical (unpaired) electrons. The Labute approximate surface area is 84.5 Å². The minimum atomic E-state index is -0.303. The van der Waals surface area contributed by atoms with E-state index in [0.717, 1.165) is 5.39 Å². The second-order valence-corrected chi connectivity index (χ2v) is 3.28. The van der Waals surface area contributed by atoms with Crippen LogP contribution >= 0.6 is 15.9 Å². The summed E-state index contributed by atoms with van der Waals surface area (Å²) in [5, 5.41) is 1.18. The van der Waals surface area contributed by atoms with Crippen LogP contribution in [0.15, 0.2) is 22.8 Å². The maximum Gasteiger partial charge on any atom is 0.127 e. The van der Waals surface area contributed by atoms with Crippen molar-refractivity contribution in [1.29, 1.82) is 0 Å². The molecule has 1 nitrogen and oxygen atoms in total. The Kier molecular flexibility index (Phi) is 2.16. The van der Waals surface area contributed by atoms with Gasteiger partial charge >= 0.3 is 0 Å². The normalized spacial score (nSPS) is 10.9. The van der Waals surface area contributed by atoms with Crippen molar-refractivity contribution in [2.45, 2.75) is 5.33 Å². The maximum absolute atomic E-state index is 13.3. The fourth-order valence-corrected chi connectivity index (χ4v) is 1.89. The van der Waals surface area contributed by atoms with Gasteiger partial charge in [-0.1, -0.05) is 21.4 Å². The lowest BCUT2D eigenvalue weighted by Gasteiger charge is -2.02. The predicted molar refractivity (Wildman–Crippen MR) is 54.2 cm³/mol. The summed E-state index contributed by atoms with van der Waals surface area (Å²) in [6.07, 6.45) is 1.51. The zero-order valence-corrected chi connectivity index (χ0v) is 8.27. The lowest BCUT2D eigenvalue weighted by Crippen LogP contribution is -2.05. The van der Waals surface area contributed by atoms with Crippen molar-refractivity contribution >= 4 is 40.2 Å². The van der Waals surface area contributed by atoms with Crippen molar-refractivity contribution in [3.05, 3.63) is 29.8 Å². The summed E-state index contributed by atoms with van der Waals surface area (Å²) in [7, 11) is 5.58. The molecule has 13 heavy (non-hydrogen) atoms. The highest BCUT2D eigenvalue weighted by Crippen LogP contribution is 2.22. The van der Waals surface area contributed by atoms with E-state index < -0.39 is 0 Å². The van der Waals surface area contributed by atoms with Crippen molar-refractivity contribution in [2.24, 2.45) is 0 Å². The van der Waals surface area contributed by atoms with Gasteiger partial charge in [-0.15, -0.1) is 0 Å². The van der Waals surface area contributed by atoms with E-state index in [1.807, 2.05) is 0 Å². The molecule has 2 aromatic rings. The molecule has 0 amide bonds. The third-order valence-electron chi connectivity index (χ3n) is 1.96. The van der Waals surface area contributed by atoms with Gasteiger partial charge in [-0.25, -0.2) is 4.39 Å². The third kappa shape index (κ3) is 1.29. The van der Waals surface area contributed by atoms with Gasteiger partial charge in [0.2, 0.25) is 0 Å². The average molecular weight is 239 g/mol. The van der Waals surface area contributed by atoms with Gasteiger partial charge in [0.15, 0.2) is 0 Å². The zero-order valence-electron chi connectivity index (χ0n) is 6.68. The first-order chi connectivity index (χ1) is 6.24. The van der Waals surface area contributed by atoms with E-state index in [1.54, 1.807) is 6.07 Å². The van der Waals surface area contributed by atoms with Gasteiger partial charge in [0, 0.05) is 16.3 Å². The summed E-state index contributed by atoms with van der Waals surface area (Å²) in [6.45, 7) is 0. The highest BCUT2D eigenvalue weighted by Gasteiger charge is 2.10. The smallest absolute Gasteiger partial charge is 0.127 e. The van der Waals surface area contributed by atoms with Crippen LogP contribution in [0, 0.1) is 5.82 Å². The lowest BCUT2D eigenvalue weighted by molar-refractivity contribution is 0.609. The topological polar surface area (TPSA) is 13.1 Å². The first kappa shape index (κ1) is 8.82. The van der Waals surface area contributed by atoms with Crippen molar-refractivity contribution in [3.8, 4) is 0 Å². The highest BCUT2D eigenvalue weighted by molar-refractivity contribution is 9.08. The van der Waals surface area contributed by atoms with Crippen molar-refractivity contribution in [3.63, 3.8) is 0 Å². The molecule has 0 N–H and O–H groups in total. The van der Waals surface area contributed by atoms with E-state index in [1.165, 1.54) is 12.3 Å². The minimum Gasteiger partial charge on any atom is -0.465 e. The highest BCUT2D eigenvalue weighted by atomic mass is 79.9. The van der Waals surface area contributed by atoms with Crippen LogP contribution in [0.5, 0.6) is 0 Å². The Morgan fingerprint density at radius 3 is 3.00 bits per heavy atom. The van der Waals surface area contributed by atoms with E-state index in [9.17, 15) is 4.39 Å². The molecule has 0 bridgehead atoms. The van der Waals surface area contributed by atoms with Gasteiger partial charge in [-0.05, 0) is 12.1 Å². The number of benzene rings is 1. The fourth-order valence-electron chi connectivity index (χ4n) is 1.32. The summed E-state index contributed by atoms with van der Waals surface area (Å²) >= 11 is 3.22. The van der Waals surface area contributed by atoms with Crippen molar-refractivity contribution < 1.29 is 8.81 Å². The Bertz CT molecular complexity index is 452. The first-order valence-electron chi connectivity index (χ1n) is 3.74. The number of furan rings is 1. The molecule has 1 heterocycles. The van der Waals surface area contributed by atoms with Crippen LogP contribution < -0.4 is 5.46 Å². The van der Waals surface area contributed by atoms with E-state index in [2.05, 4.69) is 15.9 Å². The molecule has 0 saturated heterocycles. The Morgan fingerprint density at radius 2 is 2.31 bits per heavy atom. The van der Waals surface area contributed by atoms with E-state index in [-0.39, 0.29) is 5.82 Å². The standard InChI is InChI=1S/C9H5BBrFO/c10-7-3-8(12)6(4-11)5-1-2-13-9(5)7/h1-3H,4H2. The van der Waals surface area contributed by atoms with Gasteiger partial charge in [-0.2, -0.15) is 0 Å². The summed E-state index contributed by atoms with van der Waals surface area (Å²) in [5.41, 5.74) is 1.47. The van der Waals surface area contributed by atoms with Gasteiger partial charge < -0.3 is 4.42 Å². The molecule has 0 spiro atoms. The first-order valence-corrected chi connectivity index (χ1v) is 4.86.